The summed E-state index contributed by atoms with van der Waals surface area (Å²) >= 11 is 0. The molecule has 8 heteroatoms. The lowest BCUT2D eigenvalue weighted by atomic mass is 9.96. The molecule has 3 atom stereocenters. The van der Waals surface area contributed by atoms with Gasteiger partial charge in [0.2, 0.25) is 0 Å². The number of amides is 2. The first kappa shape index (κ1) is 19.9. The molecule has 0 spiro atoms. The summed E-state index contributed by atoms with van der Waals surface area (Å²) in [5, 5.41) is 16.7. The first-order valence-corrected chi connectivity index (χ1v) is 9.68. The van der Waals surface area contributed by atoms with Gasteiger partial charge in [-0.1, -0.05) is 36.8 Å². The number of carboxylic acids is 1. The van der Waals surface area contributed by atoms with Crippen LogP contribution in [0.4, 0.5) is 4.79 Å². The van der Waals surface area contributed by atoms with E-state index in [2.05, 4.69) is 15.4 Å². The summed E-state index contributed by atoms with van der Waals surface area (Å²) in [6.45, 7) is 4.86. The highest BCUT2D eigenvalue weighted by Crippen LogP contribution is 2.24. The zero-order valence-corrected chi connectivity index (χ0v) is 16.3. The monoisotopic (exact) mass is 385 g/mol. The Bertz CT molecular complexity index is 791. The fourth-order valence-electron chi connectivity index (χ4n) is 3.71. The second-order valence-corrected chi connectivity index (χ2v) is 7.32. The van der Waals surface area contributed by atoms with E-state index in [-0.39, 0.29) is 24.7 Å². The van der Waals surface area contributed by atoms with Crippen molar-refractivity contribution < 1.29 is 14.7 Å². The van der Waals surface area contributed by atoms with Gasteiger partial charge in [0.1, 0.15) is 12.7 Å². The van der Waals surface area contributed by atoms with Crippen molar-refractivity contribution in [1.82, 2.24) is 25.0 Å². The lowest BCUT2D eigenvalue weighted by Crippen LogP contribution is -2.51. The molecule has 2 N–H and O–H groups in total. The third-order valence-corrected chi connectivity index (χ3v) is 5.33. The maximum atomic E-state index is 12.9. The van der Waals surface area contributed by atoms with E-state index < -0.39 is 11.9 Å². The Morgan fingerprint density at radius 1 is 1.32 bits per heavy atom. The van der Waals surface area contributed by atoms with Gasteiger partial charge in [0, 0.05) is 13.1 Å². The number of nitrogens with zero attached hydrogens (tertiary/aromatic N) is 4. The van der Waals surface area contributed by atoms with Crippen LogP contribution < -0.4 is 5.32 Å². The lowest BCUT2D eigenvalue weighted by molar-refractivity contribution is -0.143. The lowest BCUT2D eigenvalue weighted by Gasteiger charge is -2.34. The van der Waals surface area contributed by atoms with Gasteiger partial charge in [0.05, 0.1) is 18.0 Å². The molecule has 0 aliphatic carbocycles. The van der Waals surface area contributed by atoms with Crippen molar-refractivity contribution in [1.29, 1.82) is 0 Å². The molecular weight excluding hydrogens is 358 g/mol. The fraction of sp³-hybridized carbons (Fsp3) is 0.500. The van der Waals surface area contributed by atoms with Crippen LogP contribution in [0.3, 0.4) is 0 Å². The number of aromatic nitrogens is 3. The minimum atomic E-state index is -0.843. The van der Waals surface area contributed by atoms with Crippen molar-refractivity contribution >= 4 is 12.0 Å². The highest BCUT2D eigenvalue weighted by atomic mass is 16.4. The van der Waals surface area contributed by atoms with Crippen LogP contribution in [0.25, 0.3) is 0 Å². The van der Waals surface area contributed by atoms with Crippen molar-refractivity contribution in [2.24, 2.45) is 5.92 Å². The van der Waals surface area contributed by atoms with Crippen LogP contribution in [0.2, 0.25) is 0 Å². The van der Waals surface area contributed by atoms with Crippen molar-refractivity contribution in [3.63, 3.8) is 0 Å². The molecule has 2 aromatic rings. The number of urea groups is 1. The predicted octanol–water partition coefficient (Wildman–Crippen LogP) is 2.46. The van der Waals surface area contributed by atoms with Crippen molar-refractivity contribution in [3.8, 4) is 0 Å². The zero-order valence-electron chi connectivity index (χ0n) is 16.3. The van der Waals surface area contributed by atoms with E-state index in [4.69, 9.17) is 0 Å². The molecular formula is C20H27N5O3. The molecule has 1 aromatic carbocycles. The molecule has 8 nitrogen and oxygen atoms in total. The van der Waals surface area contributed by atoms with Gasteiger partial charge >= 0.3 is 12.0 Å². The number of hydrogen-bond donors (Lipinski definition) is 2. The van der Waals surface area contributed by atoms with Crippen LogP contribution in [-0.2, 0) is 4.79 Å². The summed E-state index contributed by atoms with van der Waals surface area (Å²) in [4.78, 5) is 29.8. The van der Waals surface area contributed by atoms with E-state index in [0.29, 0.717) is 25.8 Å². The van der Waals surface area contributed by atoms with Gasteiger partial charge in [-0.2, -0.15) is 5.10 Å². The summed E-state index contributed by atoms with van der Waals surface area (Å²) < 4.78 is 1.76. The minimum Gasteiger partial charge on any atom is -0.481 e. The van der Waals surface area contributed by atoms with Crippen LogP contribution in [0.15, 0.2) is 36.9 Å². The van der Waals surface area contributed by atoms with Gasteiger partial charge < -0.3 is 15.3 Å². The quantitative estimate of drug-likeness (QED) is 0.796. The Labute approximate surface area is 164 Å². The number of nitrogens with one attached hydrogen (secondary N) is 1. The average Bonchev–Trinajstić information content (AvgIpc) is 3.23. The van der Waals surface area contributed by atoms with Crippen molar-refractivity contribution in [2.75, 3.05) is 13.1 Å². The molecule has 3 unspecified atom stereocenters. The molecule has 0 bridgehead atoms. The molecule has 2 amide bonds. The fourth-order valence-corrected chi connectivity index (χ4v) is 3.71. The summed E-state index contributed by atoms with van der Waals surface area (Å²) in [7, 11) is 0. The molecule has 1 aliphatic rings. The Balaban J connectivity index is 1.79. The second kappa shape index (κ2) is 8.86. The van der Waals surface area contributed by atoms with Crippen LogP contribution in [0.5, 0.6) is 0 Å². The maximum Gasteiger partial charge on any atom is 0.317 e. The summed E-state index contributed by atoms with van der Waals surface area (Å²) in [5.41, 5.74) is 2.19. The smallest absolute Gasteiger partial charge is 0.317 e. The highest BCUT2D eigenvalue weighted by molar-refractivity contribution is 5.77. The van der Waals surface area contributed by atoms with Crippen LogP contribution in [-0.4, -0.2) is 55.9 Å². The number of aryl methyl sites for hydroxylation is 1. The first-order valence-electron chi connectivity index (χ1n) is 9.68. The van der Waals surface area contributed by atoms with E-state index in [1.54, 1.807) is 15.9 Å². The van der Waals surface area contributed by atoms with Gasteiger partial charge in [0.25, 0.3) is 0 Å². The van der Waals surface area contributed by atoms with E-state index >= 15 is 0 Å². The van der Waals surface area contributed by atoms with Gasteiger partial charge in [-0.05, 0) is 31.7 Å². The number of hydrogen-bond acceptors (Lipinski definition) is 4. The van der Waals surface area contributed by atoms with Gasteiger partial charge in [-0.25, -0.2) is 14.5 Å². The van der Waals surface area contributed by atoms with Gasteiger partial charge in [-0.3, -0.25) is 4.79 Å². The Hall–Kier alpha value is -2.90. The molecule has 1 aromatic heterocycles. The van der Waals surface area contributed by atoms with E-state index in [1.807, 2.05) is 38.1 Å². The van der Waals surface area contributed by atoms with E-state index in [1.165, 1.54) is 6.33 Å². The third kappa shape index (κ3) is 4.49. The van der Waals surface area contributed by atoms with E-state index in [0.717, 1.165) is 11.1 Å². The number of carbonyl (C=O) groups excluding carboxylic acids is 1. The Morgan fingerprint density at radius 3 is 2.68 bits per heavy atom. The van der Waals surface area contributed by atoms with Crippen LogP contribution in [0.1, 0.15) is 43.4 Å². The zero-order chi connectivity index (χ0) is 20.1. The molecule has 1 fully saturated rings. The molecule has 0 saturated carbocycles. The standard InChI is InChI=1S/C20H27N5O3/c1-3-17(23-20(28)24-10-4-5-16(11-24)19(26)27)18(25-13-21-12-22-25)15-8-6-14(2)7-9-15/h6-9,12-13,16-18H,3-5,10-11H2,1-2H3,(H,23,28)(H,26,27). The SMILES string of the molecule is CCC(NC(=O)N1CCCC(C(=O)O)C1)C(c1ccc(C)cc1)n1cncn1. The number of rotatable bonds is 6. The summed E-state index contributed by atoms with van der Waals surface area (Å²) in [6.07, 6.45) is 5.14. The predicted molar refractivity (Wildman–Crippen MR) is 104 cm³/mol. The molecule has 3 rings (SSSR count). The molecule has 1 saturated heterocycles. The second-order valence-electron chi connectivity index (χ2n) is 7.32. The summed E-state index contributed by atoms with van der Waals surface area (Å²) in [5.74, 6) is -1.34. The number of piperidine rings is 1. The Morgan fingerprint density at radius 2 is 2.07 bits per heavy atom. The molecule has 1 aliphatic heterocycles. The molecule has 0 radical (unpaired) electrons. The minimum absolute atomic E-state index is 0.197. The van der Waals surface area contributed by atoms with Crippen molar-refractivity contribution in [2.45, 2.75) is 45.2 Å². The van der Waals surface area contributed by atoms with E-state index in [9.17, 15) is 14.7 Å². The van der Waals surface area contributed by atoms with Gasteiger partial charge in [0.15, 0.2) is 0 Å². The Kier molecular flexibility index (Phi) is 6.28. The number of carbonyl (C=O) groups is 2. The normalized spacial score (nSPS) is 19.1. The number of benzene rings is 1. The third-order valence-electron chi connectivity index (χ3n) is 5.33. The number of carboxylic acid groups (broad SMARTS) is 1. The molecule has 2 heterocycles. The topological polar surface area (TPSA) is 100 Å². The van der Waals surface area contributed by atoms with Gasteiger partial charge in [-0.15, -0.1) is 0 Å². The molecule has 150 valence electrons. The van der Waals surface area contributed by atoms with Crippen LogP contribution >= 0.6 is 0 Å². The first-order chi connectivity index (χ1) is 13.5. The average molecular weight is 385 g/mol. The van der Waals surface area contributed by atoms with Crippen LogP contribution in [0, 0.1) is 12.8 Å². The number of aliphatic carboxylic acids is 1. The summed E-state index contributed by atoms with van der Waals surface area (Å²) in [6, 6.07) is 7.52. The largest absolute Gasteiger partial charge is 0.481 e. The highest BCUT2D eigenvalue weighted by Gasteiger charge is 2.31. The van der Waals surface area contributed by atoms with Crippen molar-refractivity contribution in [3.05, 3.63) is 48.0 Å². The molecule has 28 heavy (non-hydrogen) atoms. The number of likely N-dealkylation sites (tertiary alicyclic amines) is 1. The maximum absolute atomic E-state index is 12.9.